The first kappa shape index (κ1) is 9.39. The van der Waals surface area contributed by atoms with Crippen molar-refractivity contribution in [2.24, 2.45) is 0 Å². The molecule has 0 unspecified atom stereocenters. The molecule has 0 radical (unpaired) electrons. The maximum absolute atomic E-state index is 9.63. The molecular weight excluding hydrogens is 136 g/mol. The van der Waals surface area contributed by atoms with E-state index in [-0.39, 0.29) is 6.47 Å². The third kappa shape index (κ3) is 2.80. The molecule has 4 heteroatoms. The molecule has 0 aromatic carbocycles. The number of hydrogen-bond donors (Lipinski definition) is 1. The van der Waals surface area contributed by atoms with Crippen LogP contribution in [0.4, 0.5) is 0 Å². The third-order valence-electron chi connectivity index (χ3n) is 1.35. The lowest BCUT2D eigenvalue weighted by molar-refractivity contribution is -0.388. The topological polar surface area (TPSA) is 55.8 Å². The second-order valence-corrected chi connectivity index (χ2v) is 1.93. The van der Waals surface area contributed by atoms with E-state index in [1.54, 1.807) is 13.8 Å². The van der Waals surface area contributed by atoms with E-state index >= 15 is 0 Å². The first-order valence-electron chi connectivity index (χ1n) is 3.19. The lowest BCUT2D eigenvalue weighted by atomic mass is 10.2. The van der Waals surface area contributed by atoms with Gasteiger partial charge in [0.05, 0.1) is 0 Å². The van der Waals surface area contributed by atoms with Gasteiger partial charge in [0.2, 0.25) is 5.79 Å². The third-order valence-corrected chi connectivity index (χ3v) is 1.35. The zero-order chi connectivity index (χ0) is 8.04. The molecular formula is C6H12O4. The fourth-order valence-electron chi connectivity index (χ4n) is 0.477. The van der Waals surface area contributed by atoms with Gasteiger partial charge in [0.1, 0.15) is 0 Å². The van der Waals surface area contributed by atoms with Crippen molar-refractivity contribution in [1.29, 1.82) is 0 Å². The largest absolute Gasteiger partial charge is 0.362 e. The molecule has 0 bridgehead atoms. The minimum absolute atomic E-state index is 0.135. The summed E-state index contributed by atoms with van der Waals surface area (Å²) in [4.78, 5) is 17.9. The number of aliphatic hydroxyl groups is 1. The van der Waals surface area contributed by atoms with Crippen molar-refractivity contribution in [1.82, 2.24) is 0 Å². The van der Waals surface area contributed by atoms with Gasteiger partial charge < -0.3 is 5.11 Å². The molecule has 0 spiro atoms. The predicted octanol–water partition coefficient (Wildman–Crippen LogP) is 0.600. The van der Waals surface area contributed by atoms with E-state index in [9.17, 15) is 9.90 Å². The van der Waals surface area contributed by atoms with Crippen LogP contribution in [-0.2, 0) is 14.6 Å². The highest BCUT2D eigenvalue weighted by atomic mass is 17.2. The Morgan fingerprint density at radius 1 is 1.50 bits per heavy atom. The summed E-state index contributed by atoms with van der Waals surface area (Å²) >= 11 is 0. The van der Waals surface area contributed by atoms with Crippen molar-refractivity contribution in [3.05, 3.63) is 0 Å². The lowest BCUT2D eigenvalue weighted by Gasteiger charge is -2.21. The van der Waals surface area contributed by atoms with E-state index in [2.05, 4.69) is 9.78 Å². The Morgan fingerprint density at radius 2 is 2.00 bits per heavy atom. The van der Waals surface area contributed by atoms with Crippen LogP contribution in [0.15, 0.2) is 0 Å². The molecule has 0 aliphatic rings. The van der Waals surface area contributed by atoms with Crippen molar-refractivity contribution < 1.29 is 19.7 Å². The zero-order valence-electron chi connectivity index (χ0n) is 6.16. The maximum atomic E-state index is 9.63. The minimum atomic E-state index is -1.32. The molecule has 0 fully saturated rings. The van der Waals surface area contributed by atoms with Crippen molar-refractivity contribution in [2.45, 2.75) is 32.5 Å². The van der Waals surface area contributed by atoms with E-state index in [4.69, 9.17) is 0 Å². The van der Waals surface area contributed by atoms with Crippen molar-refractivity contribution >= 4 is 6.47 Å². The van der Waals surface area contributed by atoms with Gasteiger partial charge in [-0.15, -0.1) is 0 Å². The summed E-state index contributed by atoms with van der Waals surface area (Å²) in [7, 11) is 0. The monoisotopic (exact) mass is 148 g/mol. The number of carbonyl (C=O) groups excluding carboxylic acids is 1. The minimum Gasteiger partial charge on any atom is -0.362 e. The molecule has 60 valence electrons. The lowest BCUT2D eigenvalue weighted by Crippen LogP contribution is -2.30. The standard InChI is InChI=1S/C6H12O4/c1-3-6(8,4-2)10-9-5-7/h5,8H,3-4H2,1-2H3. The van der Waals surface area contributed by atoms with Gasteiger partial charge >= 0.3 is 6.47 Å². The number of carbonyl (C=O) groups is 1. The van der Waals surface area contributed by atoms with Gasteiger partial charge in [-0.25, -0.2) is 0 Å². The van der Waals surface area contributed by atoms with Gasteiger partial charge in [-0.3, -0.25) is 9.68 Å². The number of rotatable bonds is 5. The highest BCUT2D eigenvalue weighted by Gasteiger charge is 2.24. The van der Waals surface area contributed by atoms with E-state index < -0.39 is 5.79 Å². The Morgan fingerprint density at radius 3 is 2.30 bits per heavy atom. The van der Waals surface area contributed by atoms with Crippen LogP contribution in [0.25, 0.3) is 0 Å². The second-order valence-electron chi connectivity index (χ2n) is 1.93. The first-order valence-corrected chi connectivity index (χ1v) is 3.19. The molecule has 1 N–H and O–H groups in total. The summed E-state index contributed by atoms with van der Waals surface area (Å²) in [6.07, 6.45) is 0.772. The summed E-state index contributed by atoms with van der Waals surface area (Å²) in [5, 5.41) is 9.25. The molecule has 0 atom stereocenters. The SMILES string of the molecule is CCC(O)(CC)OOC=O. The molecule has 0 amide bonds. The van der Waals surface area contributed by atoms with Crippen LogP contribution in [0.1, 0.15) is 26.7 Å². The molecule has 0 aromatic heterocycles. The van der Waals surface area contributed by atoms with Crippen LogP contribution in [0.5, 0.6) is 0 Å². The van der Waals surface area contributed by atoms with Gasteiger partial charge in [0.25, 0.3) is 0 Å². The fraction of sp³-hybridized carbons (Fsp3) is 0.833. The van der Waals surface area contributed by atoms with Crippen LogP contribution in [0, 0.1) is 0 Å². The number of hydrogen-bond acceptors (Lipinski definition) is 4. The Bertz CT molecular complexity index is 97.9. The fourth-order valence-corrected chi connectivity index (χ4v) is 0.477. The Kier molecular flexibility index (Phi) is 3.99. The molecule has 10 heavy (non-hydrogen) atoms. The highest BCUT2D eigenvalue weighted by Crippen LogP contribution is 2.15. The van der Waals surface area contributed by atoms with Gasteiger partial charge in [-0.2, -0.15) is 4.89 Å². The van der Waals surface area contributed by atoms with Crippen molar-refractivity contribution in [3.63, 3.8) is 0 Å². The van der Waals surface area contributed by atoms with Gasteiger partial charge in [-0.1, -0.05) is 13.8 Å². The van der Waals surface area contributed by atoms with Gasteiger partial charge in [0.15, 0.2) is 0 Å². The molecule has 0 aliphatic carbocycles. The molecule has 4 nitrogen and oxygen atoms in total. The van der Waals surface area contributed by atoms with Crippen LogP contribution in [0.3, 0.4) is 0 Å². The van der Waals surface area contributed by atoms with Crippen LogP contribution in [-0.4, -0.2) is 17.4 Å². The van der Waals surface area contributed by atoms with Crippen molar-refractivity contribution in [2.75, 3.05) is 0 Å². The van der Waals surface area contributed by atoms with E-state index in [1.807, 2.05) is 0 Å². The van der Waals surface area contributed by atoms with Crippen LogP contribution in [0.2, 0.25) is 0 Å². The molecule has 0 saturated heterocycles. The van der Waals surface area contributed by atoms with Crippen LogP contribution >= 0.6 is 0 Å². The molecule has 0 aromatic rings. The van der Waals surface area contributed by atoms with Gasteiger partial charge in [-0.05, 0) is 0 Å². The first-order chi connectivity index (χ1) is 4.68. The summed E-state index contributed by atoms with van der Waals surface area (Å²) in [6, 6.07) is 0. The Labute approximate surface area is 59.7 Å². The Hall–Kier alpha value is -0.610. The van der Waals surface area contributed by atoms with Crippen molar-refractivity contribution in [3.8, 4) is 0 Å². The average molecular weight is 148 g/mol. The van der Waals surface area contributed by atoms with E-state index in [0.717, 1.165) is 0 Å². The Balaban J connectivity index is 3.68. The average Bonchev–Trinajstić information content (AvgIpc) is 2.00. The summed E-state index contributed by atoms with van der Waals surface area (Å²) < 4.78 is 0. The predicted molar refractivity (Wildman–Crippen MR) is 33.8 cm³/mol. The zero-order valence-corrected chi connectivity index (χ0v) is 6.16. The molecule has 0 saturated carbocycles. The normalized spacial score (nSPS) is 11.1. The summed E-state index contributed by atoms with van der Waals surface area (Å²) in [5.41, 5.74) is 0. The molecule has 0 heterocycles. The molecule has 0 rings (SSSR count). The smallest absolute Gasteiger partial charge is 0.330 e. The summed E-state index contributed by atoms with van der Waals surface area (Å²) in [5.74, 6) is -1.32. The highest BCUT2D eigenvalue weighted by molar-refractivity contribution is 5.35. The maximum Gasteiger partial charge on any atom is 0.330 e. The van der Waals surface area contributed by atoms with Crippen LogP contribution < -0.4 is 0 Å². The summed E-state index contributed by atoms with van der Waals surface area (Å²) in [6.45, 7) is 3.60. The van der Waals surface area contributed by atoms with E-state index in [1.165, 1.54) is 0 Å². The van der Waals surface area contributed by atoms with Gasteiger partial charge in [0, 0.05) is 12.8 Å². The quantitative estimate of drug-likeness (QED) is 0.268. The second kappa shape index (κ2) is 4.24. The van der Waals surface area contributed by atoms with E-state index in [0.29, 0.717) is 12.8 Å². The molecule has 0 aliphatic heterocycles.